The summed E-state index contributed by atoms with van der Waals surface area (Å²) in [6.45, 7) is 0.746. The highest BCUT2D eigenvalue weighted by molar-refractivity contribution is 9.10. The minimum absolute atomic E-state index is 0.132. The zero-order valence-corrected chi connectivity index (χ0v) is 11.8. The first kappa shape index (κ1) is 14.4. The fraction of sp³-hybridized carbons (Fsp3) is 0.500. The van der Waals surface area contributed by atoms with Gasteiger partial charge < -0.3 is 9.47 Å². The van der Waals surface area contributed by atoms with Crippen LogP contribution < -0.4 is 16.0 Å². The van der Waals surface area contributed by atoms with Gasteiger partial charge in [-0.2, -0.15) is 0 Å². The van der Waals surface area contributed by atoms with Crippen molar-refractivity contribution in [3.05, 3.63) is 28.2 Å². The SMILES string of the molecule is COCCCC(NN)c1ccc(OC)c(Br)c1. The summed E-state index contributed by atoms with van der Waals surface area (Å²) in [4.78, 5) is 0. The molecule has 0 aliphatic carbocycles. The Balaban J connectivity index is 2.71. The molecule has 1 rings (SSSR count). The molecule has 0 bridgehead atoms. The highest BCUT2D eigenvalue weighted by atomic mass is 79.9. The monoisotopic (exact) mass is 302 g/mol. The average molecular weight is 303 g/mol. The third-order valence-corrected chi connectivity index (χ3v) is 3.24. The van der Waals surface area contributed by atoms with Gasteiger partial charge in [0.2, 0.25) is 0 Å². The molecular weight excluding hydrogens is 284 g/mol. The summed E-state index contributed by atoms with van der Waals surface area (Å²) in [6.07, 6.45) is 1.90. The van der Waals surface area contributed by atoms with Gasteiger partial charge in [-0.15, -0.1) is 0 Å². The second-order valence-electron chi connectivity index (χ2n) is 3.75. The second-order valence-corrected chi connectivity index (χ2v) is 4.60. The van der Waals surface area contributed by atoms with Gasteiger partial charge in [0, 0.05) is 19.8 Å². The van der Waals surface area contributed by atoms with Gasteiger partial charge in [-0.1, -0.05) is 6.07 Å². The lowest BCUT2D eigenvalue weighted by Gasteiger charge is -2.17. The molecule has 0 aromatic heterocycles. The van der Waals surface area contributed by atoms with Gasteiger partial charge in [0.25, 0.3) is 0 Å². The van der Waals surface area contributed by atoms with Gasteiger partial charge in [-0.3, -0.25) is 11.3 Å². The van der Waals surface area contributed by atoms with Crippen molar-refractivity contribution in [3.8, 4) is 5.75 Å². The van der Waals surface area contributed by atoms with Crippen LogP contribution >= 0.6 is 15.9 Å². The summed E-state index contributed by atoms with van der Waals surface area (Å²) in [7, 11) is 3.35. The Hall–Kier alpha value is -0.620. The van der Waals surface area contributed by atoms with Crippen LogP contribution in [0, 0.1) is 0 Å². The van der Waals surface area contributed by atoms with Crippen LogP contribution in [0.4, 0.5) is 0 Å². The molecule has 0 amide bonds. The van der Waals surface area contributed by atoms with Crippen molar-refractivity contribution < 1.29 is 9.47 Å². The minimum atomic E-state index is 0.132. The lowest BCUT2D eigenvalue weighted by Crippen LogP contribution is -2.28. The van der Waals surface area contributed by atoms with E-state index in [-0.39, 0.29) is 6.04 Å². The van der Waals surface area contributed by atoms with E-state index >= 15 is 0 Å². The largest absolute Gasteiger partial charge is 0.496 e. The number of ether oxygens (including phenoxy) is 2. The Morgan fingerprint density at radius 1 is 1.41 bits per heavy atom. The molecule has 0 saturated heterocycles. The van der Waals surface area contributed by atoms with E-state index in [0.717, 1.165) is 35.2 Å². The average Bonchev–Trinajstić information content (AvgIpc) is 2.35. The molecule has 1 atom stereocenters. The standard InChI is InChI=1S/C12H19BrN2O2/c1-16-7-3-4-11(15-14)9-5-6-12(17-2)10(13)8-9/h5-6,8,11,15H,3-4,7,14H2,1-2H3. The molecule has 0 fully saturated rings. The fourth-order valence-electron chi connectivity index (χ4n) is 1.68. The summed E-state index contributed by atoms with van der Waals surface area (Å²) < 4.78 is 11.2. The predicted octanol–water partition coefficient (Wildman–Crippen LogP) is 2.39. The molecule has 5 heteroatoms. The van der Waals surface area contributed by atoms with E-state index in [9.17, 15) is 0 Å². The lowest BCUT2D eigenvalue weighted by atomic mass is 10.0. The molecule has 4 nitrogen and oxygen atoms in total. The Morgan fingerprint density at radius 3 is 2.71 bits per heavy atom. The molecule has 0 saturated carbocycles. The topological polar surface area (TPSA) is 56.5 Å². The van der Waals surface area contributed by atoms with Gasteiger partial charge in [-0.05, 0) is 46.5 Å². The normalized spacial score (nSPS) is 12.5. The Kier molecular flexibility index (Phi) is 6.50. The van der Waals surface area contributed by atoms with Crippen LogP contribution in [0.15, 0.2) is 22.7 Å². The fourth-order valence-corrected chi connectivity index (χ4v) is 2.24. The van der Waals surface area contributed by atoms with Gasteiger partial charge >= 0.3 is 0 Å². The lowest BCUT2D eigenvalue weighted by molar-refractivity contribution is 0.189. The molecular formula is C12H19BrN2O2. The molecule has 0 aliphatic rings. The molecule has 17 heavy (non-hydrogen) atoms. The van der Waals surface area contributed by atoms with Crippen molar-refractivity contribution in [3.63, 3.8) is 0 Å². The Labute approximate surface area is 111 Å². The van der Waals surface area contributed by atoms with Gasteiger partial charge in [0.1, 0.15) is 5.75 Å². The number of methoxy groups -OCH3 is 2. The molecule has 1 aromatic carbocycles. The number of benzene rings is 1. The maximum Gasteiger partial charge on any atom is 0.133 e. The highest BCUT2D eigenvalue weighted by Crippen LogP contribution is 2.29. The number of nitrogens with one attached hydrogen (secondary N) is 1. The third kappa shape index (κ3) is 4.27. The molecule has 1 aromatic rings. The van der Waals surface area contributed by atoms with Gasteiger partial charge in [-0.25, -0.2) is 0 Å². The summed E-state index contributed by atoms with van der Waals surface area (Å²) in [5.74, 6) is 6.39. The molecule has 96 valence electrons. The number of hydrogen-bond acceptors (Lipinski definition) is 4. The van der Waals surface area contributed by atoms with E-state index in [2.05, 4.69) is 21.4 Å². The summed E-state index contributed by atoms with van der Waals surface area (Å²) >= 11 is 3.47. The summed E-state index contributed by atoms with van der Waals surface area (Å²) in [6, 6.07) is 6.10. The van der Waals surface area contributed by atoms with E-state index in [4.69, 9.17) is 15.3 Å². The number of hydrazine groups is 1. The van der Waals surface area contributed by atoms with Crippen LogP contribution in [0.3, 0.4) is 0 Å². The smallest absolute Gasteiger partial charge is 0.133 e. The van der Waals surface area contributed by atoms with Crippen molar-refractivity contribution in [2.75, 3.05) is 20.8 Å². The second kappa shape index (κ2) is 7.66. The predicted molar refractivity (Wildman–Crippen MR) is 71.9 cm³/mol. The number of nitrogens with two attached hydrogens (primary N) is 1. The van der Waals surface area contributed by atoms with Crippen LogP contribution in [-0.2, 0) is 4.74 Å². The Morgan fingerprint density at radius 2 is 2.18 bits per heavy atom. The van der Waals surface area contributed by atoms with Crippen LogP contribution in [0.1, 0.15) is 24.4 Å². The maximum absolute atomic E-state index is 5.57. The number of rotatable bonds is 7. The minimum Gasteiger partial charge on any atom is -0.496 e. The number of halogens is 1. The third-order valence-electron chi connectivity index (χ3n) is 2.62. The first-order valence-electron chi connectivity index (χ1n) is 5.51. The maximum atomic E-state index is 5.57. The van der Waals surface area contributed by atoms with E-state index in [1.165, 1.54) is 0 Å². The molecule has 3 N–H and O–H groups in total. The van der Waals surface area contributed by atoms with Crippen molar-refractivity contribution in [2.45, 2.75) is 18.9 Å². The first-order chi connectivity index (χ1) is 8.22. The van der Waals surface area contributed by atoms with Crippen molar-refractivity contribution in [2.24, 2.45) is 5.84 Å². The first-order valence-corrected chi connectivity index (χ1v) is 6.30. The zero-order chi connectivity index (χ0) is 12.7. The van der Waals surface area contributed by atoms with Crippen molar-refractivity contribution in [1.29, 1.82) is 0 Å². The quantitative estimate of drug-likeness (QED) is 0.461. The van der Waals surface area contributed by atoms with Crippen LogP contribution in [0.5, 0.6) is 5.75 Å². The Bertz CT molecular complexity index is 347. The zero-order valence-electron chi connectivity index (χ0n) is 10.2. The molecule has 1 unspecified atom stereocenters. The van der Waals surface area contributed by atoms with E-state index < -0.39 is 0 Å². The van der Waals surface area contributed by atoms with Crippen molar-refractivity contribution in [1.82, 2.24) is 5.43 Å². The van der Waals surface area contributed by atoms with Crippen LogP contribution in [0.2, 0.25) is 0 Å². The molecule has 0 radical (unpaired) electrons. The highest BCUT2D eigenvalue weighted by Gasteiger charge is 2.11. The van der Waals surface area contributed by atoms with E-state index in [0.29, 0.717) is 0 Å². The summed E-state index contributed by atoms with van der Waals surface area (Å²) in [5, 5.41) is 0. The van der Waals surface area contributed by atoms with Gasteiger partial charge in [0.15, 0.2) is 0 Å². The summed E-state index contributed by atoms with van der Waals surface area (Å²) in [5.41, 5.74) is 3.96. The van der Waals surface area contributed by atoms with E-state index in [1.807, 2.05) is 18.2 Å². The van der Waals surface area contributed by atoms with Gasteiger partial charge in [0.05, 0.1) is 11.6 Å². The van der Waals surface area contributed by atoms with Crippen LogP contribution in [-0.4, -0.2) is 20.8 Å². The van der Waals surface area contributed by atoms with Crippen molar-refractivity contribution >= 4 is 15.9 Å². The molecule has 0 spiro atoms. The molecule has 0 aliphatic heterocycles. The van der Waals surface area contributed by atoms with E-state index in [1.54, 1.807) is 14.2 Å². The number of hydrogen-bond donors (Lipinski definition) is 2. The van der Waals surface area contributed by atoms with Crippen LogP contribution in [0.25, 0.3) is 0 Å². The molecule has 0 heterocycles.